The molecule has 0 aliphatic carbocycles. The number of hydrogen-bond donors (Lipinski definition) is 1. The molecule has 90 valence electrons. The van der Waals surface area contributed by atoms with Crippen LogP contribution >= 0.6 is 11.6 Å². The summed E-state index contributed by atoms with van der Waals surface area (Å²) in [6.45, 7) is 8.00. The maximum absolute atomic E-state index is 5.97. The zero-order valence-electron chi connectivity index (χ0n) is 10.2. The normalized spacial score (nSPS) is 12.2. The number of halogens is 1. The molecule has 1 atom stereocenters. The van der Waals surface area contributed by atoms with E-state index in [1.807, 2.05) is 25.1 Å². The largest absolute Gasteiger partial charge is 0.492 e. The van der Waals surface area contributed by atoms with E-state index in [4.69, 9.17) is 16.3 Å². The summed E-state index contributed by atoms with van der Waals surface area (Å²) in [7, 11) is 0. The standard InChI is InChI=1S/C13H20ClNO/c1-4-10(3)9-15-12-8-11(14)6-7-13(12)16-5-2/h6-8,10,15H,4-5,9H2,1-3H3. The van der Waals surface area contributed by atoms with Crippen molar-refractivity contribution in [2.45, 2.75) is 27.2 Å². The van der Waals surface area contributed by atoms with Gasteiger partial charge in [0.1, 0.15) is 5.75 Å². The Hall–Kier alpha value is -0.890. The monoisotopic (exact) mass is 241 g/mol. The minimum atomic E-state index is 0.647. The van der Waals surface area contributed by atoms with Crippen LogP contribution in [0.3, 0.4) is 0 Å². The Morgan fingerprint density at radius 1 is 1.38 bits per heavy atom. The Morgan fingerprint density at radius 3 is 2.75 bits per heavy atom. The first-order valence-corrected chi connectivity index (χ1v) is 6.21. The van der Waals surface area contributed by atoms with E-state index in [1.165, 1.54) is 0 Å². The summed E-state index contributed by atoms with van der Waals surface area (Å²) < 4.78 is 5.54. The Kier molecular flexibility index (Phi) is 5.47. The highest BCUT2D eigenvalue weighted by Gasteiger charge is 2.05. The van der Waals surface area contributed by atoms with Gasteiger partial charge in [-0.1, -0.05) is 31.9 Å². The molecule has 1 aromatic rings. The van der Waals surface area contributed by atoms with Crippen LogP contribution < -0.4 is 10.1 Å². The lowest BCUT2D eigenvalue weighted by molar-refractivity contribution is 0.341. The molecule has 0 aromatic heterocycles. The minimum Gasteiger partial charge on any atom is -0.492 e. The van der Waals surface area contributed by atoms with E-state index in [1.54, 1.807) is 0 Å². The molecule has 0 radical (unpaired) electrons. The Morgan fingerprint density at radius 2 is 2.12 bits per heavy atom. The van der Waals surface area contributed by atoms with Gasteiger partial charge in [-0.25, -0.2) is 0 Å². The molecule has 0 saturated heterocycles. The number of hydrogen-bond acceptors (Lipinski definition) is 2. The predicted octanol–water partition coefficient (Wildman–Crippen LogP) is 4.20. The summed E-state index contributed by atoms with van der Waals surface area (Å²) in [6.07, 6.45) is 1.16. The van der Waals surface area contributed by atoms with Gasteiger partial charge >= 0.3 is 0 Å². The SMILES string of the molecule is CCOc1ccc(Cl)cc1NCC(C)CC. The van der Waals surface area contributed by atoms with E-state index in [9.17, 15) is 0 Å². The topological polar surface area (TPSA) is 21.3 Å². The van der Waals surface area contributed by atoms with Crippen LogP contribution in [0.1, 0.15) is 27.2 Å². The van der Waals surface area contributed by atoms with Crippen LogP contribution in [0.4, 0.5) is 5.69 Å². The van der Waals surface area contributed by atoms with Crippen molar-refractivity contribution in [2.24, 2.45) is 5.92 Å². The Balaban J connectivity index is 2.71. The fraction of sp³-hybridized carbons (Fsp3) is 0.538. The smallest absolute Gasteiger partial charge is 0.142 e. The molecule has 1 aromatic carbocycles. The summed E-state index contributed by atoms with van der Waals surface area (Å²) in [5.74, 6) is 1.52. The molecule has 0 bridgehead atoms. The van der Waals surface area contributed by atoms with E-state index in [2.05, 4.69) is 19.2 Å². The van der Waals surface area contributed by atoms with Gasteiger partial charge in [-0.3, -0.25) is 0 Å². The molecule has 3 heteroatoms. The molecule has 0 aliphatic heterocycles. The summed E-state index contributed by atoms with van der Waals surface area (Å²) in [5, 5.41) is 4.11. The fourth-order valence-corrected chi connectivity index (χ4v) is 1.52. The molecule has 0 saturated carbocycles. The molecule has 1 unspecified atom stereocenters. The van der Waals surface area contributed by atoms with Crippen LogP contribution in [0, 0.1) is 5.92 Å². The molecule has 0 aliphatic rings. The lowest BCUT2D eigenvalue weighted by Gasteiger charge is -2.15. The second-order valence-corrected chi connectivity index (χ2v) is 4.40. The highest BCUT2D eigenvalue weighted by atomic mass is 35.5. The van der Waals surface area contributed by atoms with E-state index in [0.717, 1.165) is 29.4 Å². The number of benzene rings is 1. The van der Waals surface area contributed by atoms with Gasteiger partial charge in [-0.15, -0.1) is 0 Å². The van der Waals surface area contributed by atoms with Crippen molar-refractivity contribution in [1.29, 1.82) is 0 Å². The van der Waals surface area contributed by atoms with E-state index in [0.29, 0.717) is 12.5 Å². The maximum Gasteiger partial charge on any atom is 0.142 e. The van der Waals surface area contributed by atoms with Crippen LogP contribution in [0.15, 0.2) is 18.2 Å². The molecule has 16 heavy (non-hydrogen) atoms. The zero-order chi connectivity index (χ0) is 12.0. The van der Waals surface area contributed by atoms with Gasteiger partial charge in [0, 0.05) is 11.6 Å². The van der Waals surface area contributed by atoms with Crippen molar-refractivity contribution < 1.29 is 4.74 Å². The molecule has 0 heterocycles. The van der Waals surface area contributed by atoms with Gasteiger partial charge in [0.15, 0.2) is 0 Å². The molecule has 0 amide bonds. The molecule has 0 spiro atoms. The number of rotatable bonds is 6. The van der Waals surface area contributed by atoms with E-state index in [-0.39, 0.29) is 0 Å². The van der Waals surface area contributed by atoms with Crippen molar-refractivity contribution in [2.75, 3.05) is 18.5 Å². The van der Waals surface area contributed by atoms with Crippen molar-refractivity contribution in [1.82, 2.24) is 0 Å². The zero-order valence-corrected chi connectivity index (χ0v) is 11.0. The first-order valence-electron chi connectivity index (χ1n) is 5.83. The van der Waals surface area contributed by atoms with E-state index >= 15 is 0 Å². The molecule has 1 N–H and O–H groups in total. The lowest BCUT2D eigenvalue weighted by Crippen LogP contribution is -2.11. The Bertz CT molecular complexity index is 328. The molecule has 1 rings (SSSR count). The van der Waals surface area contributed by atoms with Gasteiger partial charge in [0.25, 0.3) is 0 Å². The van der Waals surface area contributed by atoms with Gasteiger partial charge < -0.3 is 10.1 Å². The molecule has 0 fully saturated rings. The summed E-state index contributed by atoms with van der Waals surface area (Å²) in [6, 6.07) is 5.67. The van der Waals surface area contributed by atoms with Crippen molar-refractivity contribution >= 4 is 17.3 Å². The van der Waals surface area contributed by atoms with Crippen LogP contribution in [-0.4, -0.2) is 13.2 Å². The van der Waals surface area contributed by atoms with Gasteiger partial charge in [-0.05, 0) is 31.0 Å². The second kappa shape index (κ2) is 6.64. The van der Waals surface area contributed by atoms with Gasteiger partial charge in [0.05, 0.1) is 12.3 Å². The van der Waals surface area contributed by atoms with Crippen LogP contribution in [0.2, 0.25) is 5.02 Å². The first kappa shape index (κ1) is 13.2. The number of ether oxygens (including phenoxy) is 1. The average Bonchev–Trinajstić information content (AvgIpc) is 2.29. The third-order valence-electron chi connectivity index (χ3n) is 2.58. The van der Waals surface area contributed by atoms with Crippen LogP contribution in [0.5, 0.6) is 5.75 Å². The average molecular weight is 242 g/mol. The lowest BCUT2D eigenvalue weighted by atomic mass is 10.1. The summed E-state index contributed by atoms with van der Waals surface area (Å²) in [5.41, 5.74) is 0.981. The first-order chi connectivity index (χ1) is 7.67. The highest BCUT2D eigenvalue weighted by Crippen LogP contribution is 2.28. The maximum atomic E-state index is 5.97. The second-order valence-electron chi connectivity index (χ2n) is 3.97. The van der Waals surface area contributed by atoms with Crippen LogP contribution in [-0.2, 0) is 0 Å². The van der Waals surface area contributed by atoms with Crippen LogP contribution in [0.25, 0.3) is 0 Å². The van der Waals surface area contributed by atoms with Gasteiger partial charge in [0.2, 0.25) is 0 Å². The predicted molar refractivity (Wildman–Crippen MR) is 70.6 cm³/mol. The van der Waals surface area contributed by atoms with E-state index < -0.39 is 0 Å². The number of nitrogens with one attached hydrogen (secondary N) is 1. The van der Waals surface area contributed by atoms with Crippen molar-refractivity contribution in [3.63, 3.8) is 0 Å². The highest BCUT2D eigenvalue weighted by molar-refractivity contribution is 6.30. The minimum absolute atomic E-state index is 0.647. The van der Waals surface area contributed by atoms with Crippen molar-refractivity contribution in [3.05, 3.63) is 23.2 Å². The third kappa shape index (κ3) is 3.93. The summed E-state index contributed by atoms with van der Waals surface area (Å²) >= 11 is 5.97. The summed E-state index contributed by atoms with van der Waals surface area (Å²) in [4.78, 5) is 0. The fourth-order valence-electron chi connectivity index (χ4n) is 1.35. The third-order valence-corrected chi connectivity index (χ3v) is 2.81. The van der Waals surface area contributed by atoms with Crippen molar-refractivity contribution in [3.8, 4) is 5.75 Å². The number of anilines is 1. The molecule has 2 nitrogen and oxygen atoms in total. The molecular formula is C13H20ClNO. The Labute approximate surface area is 103 Å². The molecular weight excluding hydrogens is 222 g/mol. The van der Waals surface area contributed by atoms with Gasteiger partial charge in [-0.2, -0.15) is 0 Å². The quantitative estimate of drug-likeness (QED) is 0.806.